The molecule has 9 nitrogen and oxygen atoms in total. The highest BCUT2D eigenvalue weighted by Gasteiger charge is 2.25. The number of carbonyl (C=O) groups is 2. The third-order valence-electron chi connectivity index (χ3n) is 2.83. The fourth-order valence-corrected chi connectivity index (χ4v) is 1.65. The van der Waals surface area contributed by atoms with Gasteiger partial charge < -0.3 is 9.57 Å². The molecule has 1 N–H and O–H groups in total. The van der Waals surface area contributed by atoms with Crippen LogP contribution in [0.5, 0.6) is 0 Å². The first-order valence-electron chi connectivity index (χ1n) is 7.16. The molecule has 9 heteroatoms. The van der Waals surface area contributed by atoms with Gasteiger partial charge in [0.15, 0.2) is 0 Å². The molecule has 0 aliphatic heterocycles. The Morgan fingerprint density at radius 2 is 2.04 bits per heavy atom. The Balaban J connectivity index is 1.98. The molecule has 0 spiro atoms. The first-order chi connectivity index (χ1) is 11.2. The van der Waals surface area contributed by atoms with Crippen LogP contribution >= 0.6 is 0 Å². The number of H-pyrrole nitrogens is 1. The topological polar surface area (TPSA) is 110 Å². The van der Waals surface area contributed by atoms with E-state index in [-0.39, 0.29) is 19.0 Å². The predicted octanol–water partition coefficient (Wildman–Crippen LogP) is 1.99. The van der Waals surface area contributed by atoms with Crippen LogP contribution in [0.2, 0.25) is 0 Å². The van der Waals surface area contributed by atoms with Crippen molar-refractivity contribution in [2.24, 2.45) is 0 Å². The number of rotatable bonds is 6. The standard InChI is InChI=1S/C14H17N5O4/c1-2-3-9-12(20)23-19(13-15-17-18-16-13)14(21)22-10-11-7-5-4-6-8-11/h4-8H,2-3,9-10H2,1H3,(H,15,16,17,18). The molecule has 0 aliphatic rings. The second-order valence-electron chi connectivity index (χ2n) is 4.63. The number of carbonyl (C=O) groups excluding carboxylic acids is 2. The Morgan fingerprint density at radius 1 is 1.26 bits per heavy atom. The third-order valence-corrected chi connectivity index (χ3v) is 2.83. The number of benzene rings is 1. The van der Waals surface area contributed by atoms with Crippen LogP contribution in [0.1, 0.15) is 31.7 Å². The first-order valence-corrected chi connectivity index (χ1v) is 7.16. The van der Waals surface area contributed by atoms with E-state index >= 15 is 0 Å². The summed E-state index contributed by atoms with van der Waals surface area (Å²) in [5.41, 5.74) is 0.800. The zero-order chi connectivity index (χ0) is 16.5. The average molecular weight is 319 g/mol. The fraction of sp³-hybridized carbons (Fsp3) is 0.357. The number of tetrazole rings is 1. The van der Waals surface area contributed by atoms with E-state index in [0.29, 0.717) is 11.5 Å². The van der Waals surface area contributed by atoms with Gasteiger partial charge in [0.2, 0.25) is 0 Å². The summed E-state index contributed by atoms with van der Waals surface area (Å²) in [6.45, 7) is 1.98. The minimum Gasteiger partial charge on any atom is -0.442 e. The second kappa shape index (κ2) is 8.47. The van der Waals surface area contributed by atoms with E-state index in [0.717, 1.165) is 12.0 Å². The molecule has 0 radical (unpaired) electrons. The summed E-state index contributed by atoms with van der Waals surface area (Å²) in [6.07, 6.45) is 0.774. The number of hydrogen-bond acceptors (Lipinski definition) is 7. The first kappa shape index (κ1) is 16.4. The summed E-state index contributed by atoms with van der Waals surface area (Å²) in [5.74, 6) is -0.701. The molecule has 1 heterocycles. The molecule has 2 aromatic rings. The van der Waals surface area contributed by atoms with Gasteiger partial charge in [-0.2, -0.15) is 0 Å². The number of unbranched alkanes of at least 4 members (excludes halogenated alkanes) is 1. The largest absolute Gasteiger partial charge is 0.451 e. The molecule has 0 bridgehead atoms. The van der Waals surface area contributed by atoms with Crippen LogP contribution in [0.15, 0.2) is 30.3 Å². The van der Waals surface area contributed by atoms with Crippen molar-refractivity contribution < 1.29 is 19.2 Å². The van der Waals surface area contributed by atoms with Crippen molar-refractivity contribution in [1.82, 2.24) is 20.6 Å². The number of hydrogen-bond donors (Lipinski definition) is 1. The van der Waals surface area contributed by atoms with E-state index in [1.165, 1.54) is 0 Å². The van der Waals surface area contributed by atoms with E-state index in [9.17, 15) is 9.59 Å². The molecule has 122 valence electrons. The van der Waals surface area contributed by atoms with Crippen molar-refractivity contribution >= 4 is 18.0 Å². The van der Waals surface area contributed by atoms with Gasteiger partial charge in [-0.3, -0.25) is 0 Å². The van der Waals surface area contributed by atoms with Crippen LogP contribution in [0.4, 0.5) is 10.7 Å². The van der Waals surface area contributed by atoms with E-state index in [2.05, 4.69) is 20.6 Å². The smallest absolute Gasteiger partial charge is 0.442 e. The highest BCUT2D eigenvalue weighted by Crippen LogP contribution is 2.11. The summed E-state index contributed by atoms with van der Waals surface area (Å²) in [7, 11) is 0. The third kappa shape index (κ3) is 5.06. The molecule has 23 heavy (non-hydrogen) atoms. The lowest BCUT2D eigenvalue weighted by molar-refractivity contribution is -0.144. The van der Waals surface area contributed by atoms with Gasteiger partial charge in [0, 0.05) is 6.42 Å². The van der Waals surface area contributed by atoms with Crippen molar-refractivity contribution in [3.05, 3.63) is 35.9 Å². The number of hydroxylamine groups is 1. The quantitative estimate of drug-likeness (QED) is 0.810. The molecule has 2 rings (SSSR count). The maximum atomic E-state index is 12.1. The highest BCUT2D eigenvalue weighted by molar-refractivity contribution is 5.86. The number of ether oxygens (including phenoxy) is 1. The molecular formula is C14H17N5O4. The van der Waals surface area contributed by atoms with Crippen LogP contribution in [-0.2, 0) is 21.0 Å². The summed E-state index contributed by atoms with van der Waals surface area (Å²) in [4.78, 5) is 28.9. The van der Waals surface area contributed by atoms with Crippen molar-refractivity contribution in [2.45, 2.75) is 32.8 Å². The normalized spacial score (nSPS) is 10.1. The summed E-state index contributed by atoms with van der Waals surface area (Å²) >= 11 is 0. The lowest BCUT2D eigenvalue weighted by Crippen LogP contribution is -2.35. The minimum absolute atomic E-state index is 0.0320. The number of aromatic nitrogens is 4. The zero-order valence-electron chi connectivity index (χ0n) is 12.6. The predicted molar refractivity (Wildman–Crippen MR) is 78.9 cm³/mol. The van der Waals surface area contributed by atoms with Crippen molar-refractivity contribution in [2.75, 3.05) is 5.06 Å². The van der Waals surface area contributed by atoms with Gasteiger partial charge in [0.05, 0.1) is 0 Å². The molecule has 1 amide bonds. The Kier molecular flexibility index (Phi) is 6.04. The number of nitrogens with zero attached hydrogens (tertiary/aromatic N) is 4. The van der Waals surface area contributed by atoms with Gasteiger partial charge in [-0.05, 0) is 22.4 Å². The van der Waals surface area contributed by atoms with Crippen molar-refractivity contribution in [3.8, 4) is 0 Å². The maximum absolute atomic E-state index is 12.1. The van der Waals surface area contributed by atoms with Gasteiger partial charge in [-0.1, -0.05) is 53.8 Å². The van der Waals surface area contributed by atoms with Gasteiger partial charge in [-0.25, -0.2) is 14.7 Å². The molecule has 1 aromatic carbocycles. The van der Waals surface area contributed by atoms with E-state index in [1.54, 1.807) is 12.1 Å². The fourth-order valence-electron chi connectivity index (χ4n) is 1.65. The van der Waals surface area contributed by atoms with Crippen LogP contribution in [-0.4, -0.2) is 32.7 Å². The Morgan fingerprint density at radius 3 is 2.70 bits per heavy atom. The van der Waals surface area contributed by atoms with Crippen LogP contribution < -0.4 is 5.06 Å². The highest BCUT2D eigenvalue weighted by atomic mass is 16.8. The van der Waals surface area contributed by atoms with E-state index in [1.807, 2.05) is 25.1 Å². The molecule has 0 unspecified atom stereocenters. The minimum atomic E-state index is -0.891. The number of anilines is 1. The molecule has 0 fully saturated rings. The van der Waals surface area contributed by atoms with E-state index < -0.39 is 12.1 Å². The molecule has 0 aliphatic carbocycles. The molecular weight excluding hydrogens is 302 g/mol. The number of amides is 1. The van der Waals surface area contributed by atoms with Crippen LogP contribution in [0.25, 0.3) is 0 Å². The van der Waals surface area contributed by atoms with E-state index in [4.69, 9.17) is 9.57 Å². The summed E-state index contributed by atoms with van der Waals surface area (Å²) in [5, 5.41) is 13.2. The lowest BCUT2D eigenvalue weighted by atomic mass is 10.2. The van der Waals surface area contributed by atoms with Gasteiger partial charge >= 0.3 is 12.1 Å². The monoisotopic (exact) mass is 319 g/mol. The lowest BCUT2D eigenvalue weighted by Gasteiger charge is -2.17. The Labute approximate surface area is 132 Å². The van der Waals surface area contributed by atoms with Crippen molar-refractivity contribution in [3.63, 3.8) is 0 Å². The summed E-state index contributed by atoms with van der Waals surface area (Å²) < 4.78 is 5.11. The molecule has 1 aromatic heterocycles. The Hall–Kier alpha value is -2.97. The van der Waals surface area contributed by atoms with Gasteiger partial charge in [0.1, 0.15) is 6.61 Å². The maximum Gasteiger partial charge on any atom is 0.451 e. The Bertz CT molecular complexity index is 617. The average Bonchev–Trinajstić information content (AvgIpc) is 3.11. The van der Waals surface area contributed by atoms with Gasteiger partial charge in [-0.15, -0.1) is 0 Å². The van der Waals surface area contributed by atoms with Crippen LogP contribution in [0.3, 0.4) is 0 Å². The molecule has 0 atom stereocenters. The second-order valence-corrected chi connectivity index (χ2v) is 4.63. The SMILES string of the molecule is CCCCC(=O)ON(C(=O)OCc1ccccc1)c1nnn[nH]1. The molecule has 0 saturated heterocycles. The van der Waals surface area contributed by atoms with Crippen LogP contribution in [0, 0.1) is 0 Å². The van der Waals surface area contributed by atoms with Gasteiger partial charge in [0.25, 0.3) is 5.95 Å². The van der Waals surface area contributed by atoms with Crippen molar-refractivity contribution in [1.29, 1.82) is 0 Å². The molecule has 0 saturated carbocycles. The number of aromatic amines is 1. The summed E-state index contributed by atoms with van der Waals surface area (Å²) in [6, 6.07) is 9.12. The number of nitrogens with one attached hydrogen (secondary N) is 1. The zero-order valence-corrected chi connectivity index (χ0v) is 12.6.